The largest absolute Gasteiger partial charge is 0.466 e. The summed E-state index contributed by atoms with van der Waals surface area (Å²) in [7, 11) is 0. The number of likely N-dealkylation sites (tertiary alicyclic amines) is 1. The maximum Gasteiger partial charge on any atom is 0.306 e. The molecule has 4 atom stereocenters. The van der Waals surface area contributed by atoms with Gasteiger partial charge >= 0.3 is 5.97 Å². The second-order valence-corrected chi connectivity index (χ2v) is 9.42. The van der Waals surface area contributed by atoms with Crippen molar-refractivity contribution in [3.8, 4) is 0 Å². The molecule has 1 heterocycles. The molecular weight excluding hydrogens is 449 g/mol. The molecule has 7 heteroatoms. The van der Waals surface area contributed by atoms with Crippen LogP contribution in [0.4, 0.5) is 4.39 Å². The van der Waals surface area contributed by atoms with Crippen LogP contribution in [-0.2, 0) is 27.1 Å². The van der Waals surface area contributed by atoms with E-state index in [-0.39, 0.29) is 30.5 Å². The lowest BCUT2D eigenvalue weighted by Gasteiger charge is -2.27. The molecule has 1 fully saturated rings. The van der Waals surface area contributed by atoms with Crippen LogP contribution in [0.1, 0.15) is 55.0 Å². The number of aryl methyl sites for hydroxylation is 2. The van der Waals surface area contributed by atoms with E-state index in [9.17, 15) is 19.4 Å². The van der Waals surface area contributed by atoms with E-state index in [1.807, 2.05) is 37.3 Å². The molecule has 0 spiro atoms. The molecule has 1 saturated heterocycles. The van der Waals surface area contributed by atoms with E-state index in [2.05, 4.69) is 4.90 Å². The second kappa shape index (κ2) is 13.1. The first kappa shape index (κ1) is 27.3. The topological polar surface area (TPSA) is 79.2 Å². The van der Waals surface area contributed by atoms with Crippen LogP contribution < -0.4 is 0 Å². The summed E-state index contributed by atoms with van der Waals surface area (Å²) in [6, 6.07) is 13.1. The molecule has 2 aromatic carbocycles. The number of benzene rings is 2. The zero-order chi connectivity index (χ0) is 25.4. The Morgan fingerprint density at radius 2 is 2.03 bits per heavy atom. The highest BCUT2D eigenvalue weighted by molar-refractivity contribution is 5.69. The van der Waals surface area contributed by atoms with Crippen LogP contribution in [0, 0.1) is 12.7 Å². The summed E-state index contributed by atoms with van der Waals surface area (Å²) in [5.74, 6) is -0.445. The molecule has 192 valence electrons. The Kier molecular flexibility index (Phi) is 10.2. The van der Waals surface area contributed by atoms with Crippen molar-refractivity contribution in [3.05, 3.63) is 70.5 Å². The van der Waals surface area contributed by atoms with E-state index in [1.54, 1.807) is 26.0 Å². The van der Waals surface area contributed by atoms with Gasteiger partial charge in [0.1, 0.15) is 5.82 Å². The molecule has 1 aliphatic rings. The molecule has 2 N–H and O–H groups in total. The highest BCUT2D eigenvalue weighted by atomic mass is 19.1. The van der Waals surface area contributed by atoms with Crippen molar-refractivity contribution in [1.29, 1.82) is 0 Å². The van der Waals surface area contributed by atoms with Gasteiger partial charge in [-0.3, -0.25) is 9.69 Å². The third kappa shape index (κ3) is 8.10. The number of ether oxygens (including phenoxy) is 2. The molecule has 0 unspecified atom stereocenters. The third-order valence-electron chi connectivity index (χ3n) is 6.59. The number of aliphatic hydroxyl groups is 2. The van der Waals surface area contributed by atoms with Crippen molar-refractivity contribution in [1.82, 2.24) is 4.90 Å². The number of nitrogens with zero attached hydrogens (tertiary/aromatic N) is 1. The molecule has 2 aromatic rings. The minimum Gasteiger partial charge on any atom is -0.466 e. The predicted molar refractivity (Wildman–Crippen MR) is 133 cm³/mol. The number of esters is 1. The molecule has 0 aromatic heterocycles. The smallest absolute Gasteiger partial charge is 0.306 e. The summed E-state index contributed by atoms with van der Waals surface area (Å²) < 4.78 is 25.0. The standard InChI is InChI=1S/C28H38FNO5/c1-4-34-28(33)12-11-22-7-5-6-8-26(22)20(3)35-18-25(32)17-30-16-24(31)15-23(30)13-21-10-9-19(2)27(29)14-21/h5-10,14,20,23-25,31-32H,4,11-13,15-18H2,1-3H3/t20-,23-,24-,25-/m1/s1. The highest BCUT2D eigenvalue weighted by Gasteiger charge is 2.32. The first-order chi connectivity index (χ1) is 16.8. The van der Waals surface area contributed by atoms with E-state index in [0.29, 0.717) is 50.9 Å². The molecular formula is C28H38FNO5. The Morgan fingerprint density at radius 1 is 1.26 bits per heavy atom. The van der Waals surface area contributed by atoms with Crippen LogP contribution in [-0.4, -0.2) is 65.6 Å². The SMILES string of the molecule is CCOC(=O)CCc1ccccc1[C@@H](C)OC[C@H](O)CN1C[C@H](O)C[C@H]1Cc1ccc(C)c(F)c1. The quantitative estimate of drug-likeness (QED) is 0.444. The fourth-order valence-corrected chi connectivity index (χ4v) is 4.73. The van der Waals surface area contributed by atoms with Gasteiger partial charge in [0.25, 0.3) is 0 Å². The minimum atomic E-state index is -0.730. The van der Waals surface area contributed by atoms with Crippen molar-refractivity contribution < 1.29 is 28.9 Å². The van der Waals surface area contributed by atoms with Crippen molar-refractivity contribution in [2.75, 3.05) is 26.3 Å². The molecule has 0 bridgehead atoms. The minimum absolute atomic E-state index is 0.0304. The fourth-order valence-electron chi connectivity index (χ4n) is 4.73. The van der Waals surface area contributed by atoms with Crippen LogP contribution in [0.25, 0.3) is 0 Å². The molecule has 1 aliphatic heterocycles. The second-order valence-electron chi connectivity index (χ2n) is 9.42. The fraction of sp³-hybridized carbons (Fsp3) is 0.536. The highest BCUT2D eigenvalue weighted by Crippen LogP contribution is 2.25. The predicted octanol–water partition coefficient (Wildman–Crippen LogP) is 3.75. The van der Waals surface area contributed by atoms with Gasteiger partial charge in [0, 0.05) is 25.6 Å². The van der Waals surface area contributed by atoms with E-state index < -0.39 is 12.2 Å². The Hall–Kier alpha value is -2.32. The van der Waals surface area contributed by atoms with Crippen molar-refractivity contribution in [2.45, 2.75) is 70.8 Å². The van der Waals surface area contributed by atoms with Gasteiger partial charge in [0.15, 0.2) is 0 Å². The molecule has 3 rings (SSSR count). The number of halogens is 1. The van der Waals surface area contributed by atoms with Gasteiger partial charge < -0.3 is 19.7 Å². The van der Waals surface area contributed by atoms with E-state index in [0.717, 1.165) is 16.7 Å². The van der Waals surface area contributed by atoms with Crippen LogP contribution in [0.2, 0.25) is 0 Å². The van der Waals surface area contributed by atoms with Crippen LogP contribution in [0.15, 0.2) is 42.5 Å². The molecule has 0 radical (unpaired) electrons. The number of aliphatic hydroxyl groups excluding tert-OH is 2. The Balaban J connectivity index is 1.53. The summed E-state index contributed by atoms with van der Waals surface area (Å²) in [4.78, 5) is 13.8. The van der Waals surface area contributed by atoms with Crippen molar-refractivity contribution >= 4 is 5.97 Å². The zero-order valence-corrected chi connectivity index (χ0v) is 21.0. The molecule has 35 heavy (non-hydrogen) atoms. The molecule has 6 nitrogen and oxygen atoms in total. The van der Waals surface area contributed by atoms with Crippen LogP contribution >= 0.6 is 0 Å². The average molecular weight is 488 g/mol. The summed E-state index contributed by atoms with van der Waals surface area (Å²) in [5, 5.41) is 20.9. The maximum absolute atomic E-state index is 14.0. The summed E-state index contributed by atoms with van der Waals surface area (Å²) >= 11 is 0. The Bertz CT molecular complexity index is 968. The Labute approximate surface area is 207 Å². The number of hydrogen-bond donors (Lipinski definition) is 2. The lowest BCUT2D eigenvalue weighted by Crippen LogP contribution is -2.39. The number of carbonyl (C=O) groups excluding carboxylic acids is 1. The van der Waals surface area contributed by atoms with Crippen LogP contribution in [0.5, 0.6) is 0 Å². The van der Waals surface area contributed by atoms with E-state index in [1.165, 1.54) is 0 Å². The van der Waals surface area contributed by atoms with Crippen molar-refractivity contribution in [2.24, 2.45) is 0 Å². The van der Waals surface area contributed by atoms with Gasteiger partial charge in [-0.1, -0.05) is 36.4 Å². The van der Waals surface area contributed by atoms with E-state index >= 15 is 0 Å². The molecule has 0 amide bonds. The molecule has 0 saturated carbocycles. The van der Waals surface area contributed by atoms with Gasteiger partial charge in [-0.15, -0.1) is 0 Å². The Morgan fingerprint density at radius 3 is 2.77 bits per heavy atom. The van der Waals surface area contributed by atoms with Crippen LogP contribution in [0.3, 0.4) is 0 Å². The maximum atomic E-state index is 14.0. The number of rotatable bonds is 12. The number of carbonyl (C=O) groups is 1. The van der Waals surface area contributed by atoms with Gasteiger partial charge in [0.2, 0.25) is 0 Å². The van der Waals surface area contributed by atoms with Crippen molar-refractivity contribution in [3.63, 3.8) is 0 Å². The number of hydrogen-bond acceptors (Lipinski definition) is 6. The third-order valence-corrected chi connectivity index (χ3v) is 6.59. The lowest BCUT2D eigenvalue weighted by atomic mass is 9.99. The van der Waals surface area contributed by atoms with E-state index in [4.69, 9.17) is 9.47 Å². The summed E-state index contributed by atoms with van der Waals surface area (Å²) in [6.45, 7) is 6.82. The summed E-state index contributed by atoms with van der Waals surface area (Å²) in [6.07, 6.45) is 0.639. The van der Waals surface area contributed by atoms with Gasteiger partial charge in [-0.2, -0.15) is 0 Å². The van der Waals surface area contributed by atoms with Gasteiger partial charge in [-0.05, 0) is 68.4 Å². The first-order valence-corrected chi connectivity index (χ1v) is 12.5. The normalized spacial score (nSPS) is 20.1. The lowest BCUT2D eigenvalue weighted by molar-refractivity contribution is -0.143. The average Bonchev–Trinajstić information content (AvgIpc) is 3.17. The molecule has 0 aliphatic carbocycles. The zero-order valence-electron chi connectivity index (χ0n) is 21.0. The van der Waals surface area contributed by atoms with Gasteiger partial charge in [-0.25, -0.2) is 4.39 Å². The monoisotopic (exact) mass is 487 g/mol. The van der Waals surface area contributed by atoms with Gasteiger partial charge in [0.05, 0.1) is 31.5 Å². The first-order valence-electron chi connectivity index (χ1n) is 12.5. The number of β-amino-alcohol motifs (C(OH)–C–C–N with tert-alkyl or cyclic N) is 2. The summed E-state index contributed by atoms with van der Waals surface area (Å²) in [5.41, 5.74) is 3.51.